The fourth-order valence-electron chi connectivity index (χ4n) is 4.32. The third-order valence-electron chi connectivity index (χ3n) is 6.43. The number of nitrogens with one attached hydrogen (secondary N) is 1. The molecule has 3 aromatic rings. The second kappa shape index (κ2) is 8.66. The number of nitrogens with zero attached hydrogens (tertiary/aromatic N) is 2. The highest BCUT2D eigenvalue weighted by molar-refractivity contribution is 6.08. The summed E-state index contributed by atoms with van der Waals surface area (Å²) in [5.41, 5.74) is 0.738. The van der Waals surface area contributed by atoms with Gasteiger partial charge in [-0.1, -0.05) is 30.3 Å². The zero-order valence-electron chi connectivity index (χ0n) is 18.4. The van der Waals surface area contributed by atoms with Gasteiger partial charge in [0.2, 0.25) is 5.91 Å². The van der Waals surface area contributed by atoms with E-state index in [1.165, 1.54) is 6.07 Å². The number of piperazine rings is 1. The number of amides is 2. The highest BCUT2D eigenvalue weighted by atomic mass is 19.4. The Morgan fingerprint density at radius 3 is 2.18 bits per heavy atom. The van der Waals surface area contributed by atoms with Crippen molar-refractivity contribution in [2.24, 2.45) is 5.92 Å². The summed E-state index contributed by atoms with van der Waals surface area (Å²) in [6, 6.07) is 16.6. The van der Waals surface area contributed by atoms with Crippen LogP contribution in [0, 0.1) is 5.92 Å². The summed E-state index contributed by atoms with van der Waals surface area (Å²) < 4.78 is 39.2. The van der Waals surface area contributed by atoms with Gasteiger partial charge in [-0.15, -0.1) is 0 Å². The Labute approximate surface area is 195 Å². The number of anilines is 2. The van der Waals surface area contributed by atoms with E-state index in [0.717, 1.165) is 35.7 Å². The smallest absolute Gasteiger partial charge is 0.368 e. The minimum Gasteiger partial charge on any atom is -0.368 e. The monoisotopic (exact) mass is 467 g/mol. The van der Waals surface area contributed by atoms with Gasteiger partial charge >= 0.3 is 6.18 Å². The van der Waals surface area contributed by atoms with Gasteiger partial charge in [0.15, 0.2) is 0 Å². The molecule has 0 bridgehead atoms. The van der Waals surface area contributed by atoms with Crippen LogP contribution in [0.2, 0.25) is 0 Å². The van der Waals surface area contributed by atoms with Crippen LogP contribution in [-0.2, 0) is 11.0 Å². The number of hydrogen-bond acceptors (Lipinski definition) is 3. The molecule has 0 aromatic heterocycles. The molecule has 2 fully saturated rings. The van der Waals surface area contributed by atoms with Crippen molar-refractivity contribution in [1.82, 2.24) is 4.90 Å². The average Bonchev–Trinajstić information content (AvgIpc) is 3.69. The van der Waals surface area contributed by atoms with Gasteiger partial charge in [-0.3, -0.25) is 9.59 Å². The quantitative estimate of drug-likeness (QED) is 0.576. The maximum atomic E-state index is 13.5. The number of fused-ring (bicyclic) bond motifs is 1. The number of rotatable bonds is 4. The van der Waals surface area contributed by atoms with Gasteiger partial charge < -0.3 is 15.1 Å². The first-order valence-electron chi connectivity index (χ1n) is 11.3. The van der Waals surface area contributed by atoms with Crippen LogP contribution in [0.1, 0.15) is 28.8 Å². The Hall–Kier alpha value is -3.55. The molecule has 1 N–H and O–H groups in total. The van der Waals surface area contributed by atoms with Crippen molar-refractivity contribution in [3.8, 4) is 0 Å². The fourth-order valence-corrected chi connectivity index (χ4v) is 4.32. The molecule has 5 rings (SSSR count). The highest BCUT2D eigenvalue weighted by Gasteiger charge is 2.33. The van der Waals surface area contributed by atoms with Crippen molar-refractivity contribution in [1.29, 1.82) is 0 Å². The number of halogens is 3. The lowest BCUT2D eigenvalue weighted by Gasteiger charge is -2.36. The molecule has 1 aliphatic heterocycles. The van der Waals surface area contributed by atoms with E-state index in [-0.39, 0.29) is 17.7 Å². The number of benzene rings is 3. The molecule has 0 spiro atoms. The summed E-state index contributed by atoms with van der Waals surface area (Å²) in [5, 5.41) is 4.77. The van der Waals surface area contributed by atoms with Gasteiger partial charge in [-0.25, -0.2) is 0 Å². The van der Waals surface area contributed by atoms with Crippen molar-refractivity contribution in [2.45, 2.75) is 19.0 Å². The maximum absolute atomic E-state index is 13.5. The molecule has 2 amide bonds. The number of carbonyl (C=O) groups excluding carboxylic acids is 2. The lowest BCUT2D eigenvalue weighted by atomic mass is 10.0. The van der Waals surface area contributed by atoms with E-state index in [1.807, 2.05) is 35.2 Å². The van der Waals surface area contributed by atoms with E-state index in [4.69, 9.17) is 0 Å². The molecule has 8 heteroatoms. The molecule has 3 aromatic carbocycles. The molecular formula is C26H24F3N3O2. The van der Waals surface area contributed by atoms with E-state index in [9.17, 15) is 22.8 Å². The van der Waals surface area contributed by atoms with Crippen molar-refractivity contribution in [2.75, 3.05) is 36.4 Å². The lowest BCUT2D eigenvalue weighted by Crippen LogP contribution is -2.49. The molecule has 1 saturated carbocycles. The normalized spacial score (nSPS) is 16.6. The van der Waals surface area contributed by atoms with Crippen molar-refractivity contribution in [3.05, 3.63) is 71.8 Å². The minimum atomic E-state index is -4.40. The van der Waals surface area contributed by atoms with Crippen LogP contribution in [-0.4, -0.2) is 42.9 Å². The third kappa shape index (κ3) is 4.58. The minimum absolute atomic E-state index is 0.00503. The zero-order valence-corrected chi connectivity index (χ0v) is 18.4. The molecule has 1 saturated heterocycles. The topological polar surface area (TPSA) is 52.7 Å². The van der Waals surface area contributed by atoms with Crippen LogP contribution in [0.15, 0.2) is 60.7 Å². The summed E-state index contributed by atoms with van der Waals surface area (Å²) in [7, 11) is 0. The Morgan fingerprint density at radius 1 is 0.853 bits per heavy atom. The Kier molecular flexibility index (Phi) is 5.67. The predicted molar refractivity (Wildman–Crippen MR) is 125 cm³/mol. The van der Waals surface area contributed by atoms with Gasteiger partial charge in [0.1, 0.15) is 0 Å². The first-order chi connectivity index (χ1) is 16.3. The summed E-state index contributed by atoms with van der Waals surface area (Å²) >= 11 is 0. The van der Waals surface area contributed by atoms with E-state index >= 15 is 0 Å². The van der Waals surface area contributed by atoms with Crippen LogP contribution in [0.25, 0.3) is 10.8 Å². The zero-order chi connectivity index (χ0) is 23.9. The molecular weight excluding hydrogens is 443 g/mol. The number of carbonyl (C=O) groups is 2. The Bertz CT molecular complexity index is 1250. The largest absolute Gasteiger partial charge is 0.416 e. The molecule has 0 unspecified atom stereocenters. The standard InChI is InChI=1S/C26H24F3N3O2/c27-26(28,29)20-6-3-7-21(16-20)31-10-12-32(13-11-31)25(34)22-14-18-4-1-2-5-19(18)15-23(22)30-24(33)17-8-9-17/h1-7,14-17H,8-13H2,(H,30,33). The summed E-state index contributed by atoms with van der Waals surface area (Å²) in [5.74, 6) is -0.260. The van der Waals surface area contributed by atoms with Crippen LogP contribution in [0.3, 0.4) is 0 Å². The predicted octanol–water partition coefficient (Wildman–Crippen LogP) is 5.17. The van der Waals surface area contributed by atoms with Crippen LogP contribution >= 0.6 is 0 Å². The third-order valence-corrected chi connectivity index (χ3v) is 6.43. The fraction of sp³-hybridized carbons (Fsp3) is 0.308. The SMILES string of the molecule is O=C(Nc1cc2ccccc2cc1C(=O)N1CCN(c2cccc(C(F)(F)F)c2)CC1)C1CC1. The molecule has 2 aliphatic rings. The van der Waals surface area contributed by atoms with E-state index < -0.39 is 11.7 Å². The first kappa shape index (κ1) is 22.3. The van der Waals surface area contributed by atoms with Crippen LogP contribution in [0.4, 0.5) is 24.5 Å². The van der Waals surface area contributed by atoms with Gasteiger partial charge in [0.05, 0.1) is 16.8 Å². The van der Waals surface area contributed by atoms with E-state index in [0.29, 0.717) is 43.1 Å². The average molecular weight is 467 g/mol. The summed E-state index contributed by atoms with van der Waals surface area (Å²) in [6.07, 6.45) is -2.68. The molecule has 1 heterocycles. The Morgan fingerprint density at radius 2 is 1.53 bits per heavy atom. The molecule has 34 heavy (non-hydrogen) atoms. The van der Waals surface area contributed by atoms with Crippen molar-refractivity contribution < 1.29 is 22.8 Å². The first-order valence-corrected chi connectivity index (χ1v) is 11.3. The molecule has 176 valence electrons. The van der Waals surface area contributed by atoms with Crippen molar-refractivity contribution in [3.63, 3.8) is 0 Å². The van der Waals surface area contributed by atoms with Gasteiger partial charge in [0, 0.05) is 37.8 Å². The molecule has 0 atom stereocenters. The number of hydrogen-bond donors (Lipinski definition) is 1. The summed E-state index contributed by atoms with van der Waals surface area (Å²) in [6.45, 7) is 1.59. The van der Waals surface area contributed by atoms with Crippen LogP contribution < -0.4 is 10.2 Å². The highest BCUT2D eigenvalue weighted by Crippen LogP contribution is 2.33. The second-order valence-electron chi connectivity index (χ2n) is 8.84. The van der Waals surface area contributed by atoms with E-state index in [2.05, 4.69) is 5.32 Å². The molecule has 0 radical (unpaired) electrons. The summed E-state index contributed by atoms with van der Waals surface area (Å²) in [4.78, 5) is 29.5. The van der Waals surface area contributed by atoms with Crippen molar-refractivity contribution >= 4 is 34.0 Å². The second-order valence-corrected chi connectivity index (χ2v) is 8.84. The van der Waals surface area contributed by atoms with E-state index in [1.54, 1.807) is 17.0 Å². The maximum Gasteiger partial charge on any atom is 0.416 e. The van der Waals surface area contributed by atoms with Gasteiger partial charge in [0.25, 0.3) is 5.91 Å². The van der Waals surface area contributed by atoms with Crippen LogP contribution in [0.5, 0.6) is 0 Å². The number of alkyl halides is 3. The molecule has 1 aliphatic carbocycles. The van der Waals surface area contributed by atoms with Gasteiger partial charge in [-0.2, -0.15) is 13.2 Å². The van der Waals surface area contributed by atoms with Gasteiger partial charge in [-0.05, 0) is 53.9 Å². The molecule has 5 nitrogen and oxygen atoms in total. The lowest BCUT2D eigenvalue weighted by molar-refractivity contribution is -0.137. The Balaban J connectivity index is 1.35.